The van der Waals surface area contributed by atoms with E-state index in [9.17, 15) is 4.79 Å². The number of fused-ring (bicyclic) bond motifs is 1. The minimum Gasteiger partial charge on any atom is -0.356 e. The lowest BCUT2D eigenvalue weighted by Gasteiger charge is -2.34. The molecule has 4 rings (SSSR count). The molecule has 0 unspecified atom stereocenters. The predicted molar refractivity (Wildman–Crippen MR) is 125 cm³/mol. The molecule has 0 bridgehead atoms. The van der Waals surface area contributed by atoms with Gasteiger partial charge in [0.05, 0.1) is 11.7 Å². The number of nitrogens with one attached hydrogen (secondary N) is 1. The zero-order valence-electron chi connectivity index (χ0n) is 19.5. The molecule has 1 aliphatic rings. The molecular formula is C25H34N6O. The van der Waals surface area contributed by atoms with Crippen molar-refractivity contribution in [2.75, 3.05) is 13.1 Å². The van der Waals surface area contributed by atoms with Gasteiger partial charge in [0.25, 0.3) is 0 Å². The van der Waals surface area contributed by atoms with Gasteiger partial charge in [-0.05, 0) is 63.3 Å². The molecule has 1 saturated heterocycles. The number of likely N-dealkylation sites (tertiary alicyclic amines) is 1. The Morgan fingerprint density at radius 3 is 2.94 bits per heavy atom. The normalized spacial score (nSPS) is 17.0. The van der Waals surface area contributed by atoms with Crippen LogP contribution in [0.2, 0.25) is 0 Å². The molecule has 0 saturated carbocycles. The first kappa shape index (κ1) is 22.4. The number of carbonyl (C=O) groups is 1. The van der Waals surface area contributed by atoms with Crippen molar-refractivity contribution in [3.8, 4) is 0 Å². The van der Waals surface area contributed by atoms with Crippen molar-refractivity contribution in [3.63, 3.8) is 0 Å². The average molecular weight is 435 g/mol. The molecule has 0 radical (unpaired) electrons. The summed E-state index contributed by atoms with van der Waals surface area (Å²) in [6.07, 6.45) is 9.41. The largest absolute Gasteiger partial charge is 0.356 e. The number of hydrogen-bond acceptors (Lipinski definition) is 5. The fourth-order valence-corrected chi connectivity index (χ4v) is 4.70. The van der Waals surface area contributed by atoms with E-state index < -0.39 is 0 Å². The second-order valence-electron chi connectivity index (χ2n) is 8.79. The van der Waals surface area contributed by atoms with Gasteiger partial charge in [0, 0.05) is 49.4 Å². The summed E-state index contributed by atoms with van der Waals surface area (Å²) in [5.74, 6) is 0.0974. The highest BCUT2D eigenvalue weighted by atomic mass is 16.1. The number of nitrogens with zero attached hydrogens (tertiary/aromatic N) is 5. The number of pyridine rings is 1. The van der Waals surface area contributed by atoms with Gasteiger partial charge in [-0.25, -0.2) is 9.50 Å². The lowest BCUT2D eigenvalue weighted by atomic mass is 9.99. The third-order valence-corrected chi connectivity index (χ3v) is 6.42. The molecule has 32 heavy (non-hydrogen) atoms. The van der Waals surface area contributed by atoms with Gasteiger partial charge in [-0.1, -0.05) is 19.4 Å². The smallest absolute Gasteiger partial charge is 0.220 e. The number of aryl methyl sites for hydroxylation is 2. The monoisotopic (exact) mass is 434 g/mol. The van der Waals surface area contributed by atoms with Crippen molar-refractivity contribution in [1.82, 2.24) is 29.8 Å². The van der Waals surface area contributed by atoms with Crippen LogP contribution in [0.3, 0.4) is 0 Å². The van der Waals surface area contributed by atoms with Gasteiger partial charge < -0.3 is 5.32 Å². The molecule has 1 atom stereocenters. The average Bonchev–Trinajstić information content (AvgIpc) is 3.22. The molecular weight excluding hydrogens is 400 g/mol. The molecule has 170 valence electrons. The molecule has 1 amide bonds. The maximum Gasteiger partial charge on any atom is 0.220 e. The Hall–Kier alpha value is -2.80. The highest BCUT2D eigenvalue weighted by Crippen LogP contribution is 2.32. The van der Waals surface area contributed by atoms with E-state index in [2.05, 4.69) is 41.2 Å². The number of amides is 1. The van der Waals surface area contributed by atoms with E-state index in [-0.39, 0.29) is 11.9 Å². The van der Waals surface area contributed by atoms with Crippen LogP contribution in [0.25, 0.3) is 5.65 Å². The van der Waals surface area contributed by atoms with Crippen LogP contribution in [0, 0.1) is 13.8 Å². The predicted octanol–water partition coefficient (Wildman–Crippen LogP) is 3.93. The molecule has 7 heteroatoms. The molecule has 7 nitrogen and oxygen atoms in total. The summed E-state index contributed by atoms with van der Waals surface area (Å²) in [4.78, 5) is 23.7. The Morgan fingerprint density at radius 1 is 1.28 bits per heavy atom. The molecule has 0 aromatic carbocycles. The van der Waals surface area contributed by atoms with E-state index in [1.807, 2.05) is 29.9 Å². The van der Waals surface area contributed by atoms with Gasteiger partial charge >= 0.3 is 0 Å². The lowest BCUT2D eigenvalue weighted by Crippen LogP contribution is -2.33. The molecule has 3 aromatic heterocycles. The lowest BCUT2D eigenvalue weighted by molar-refractivity contribution is -0.121. The highest BCUT2D eigenvalue weighted by Gasteiger charge is 2.27. The number of rotatable bonds is 8. The Morgan fingerprint density at radius 2 is 2.16 bits per heavy atom. The number of carbonyl (C=O) groups excluding carboxylic acids is 1. The van der Waals surface area contributed by atoms with Gasteiger partial charge in [0.2, 0.25) is 5.91 Å². The summed E-state index contributed by atoms with van der Waals surface area (Å²) in [5.41, 5.74) is 6.39. The number of piperidine rings is 1. The first-order chi connectivity index (χ1) is 15.6. The summed E-state index contributed by atoms with van der Waals surface area (Å²) >= 11 is 0. The zero-order valence-corrected chi connectivity index (χ0v) is 19.5. The van der Waals surface area contributed by atoms with Crippen LogP contribution >= 0.6 is 0 Å². The molecule has 0 spiro atoms. The van der Waals surface area contributed by atoms with E-state index in [0.717, 1.165) is 60.8 Å². The van der Waals surface area contributed by atoms with Crippen molar-refractivity contribution < 1.29 is 4.79 Å². The molecule has 0 aliphatic carbocycles. The van der Waals surface area contributed by atoms with Crippen LogP contribution in [0.15, 0.2) is 30.6 Å². The van der Waals surface area contributed by atoms with Gasteiger partial charge in [-0.2, -0.15) is 5.10 Å². The Balaban J connectivity index is 1.57. The SMILES string of the molecule is CCCNC(=O)CCc1c(C)nc2cc([C@@H]3CCCCN3Cc3cccnc3)nn2c1C. The Kier molecular flexibility index (Phi) is 7.15. The van der Waals surface area contributed by atoms with Crippen LogP contribution < -0.4 is 5.32 Å². The second-order valence-corrected chi connectivity index (χ2v) is 8.79. The van der Waals surface area contributed by atoms with E-state index in [1.54, 1.807) is 0 Å². The summed E-state index contributed by atoms with van der Waals surface area (Å²) in [6, 6.07) is 6.57. The van der Waals surface area contributed by atoms with Crippen molar-refractivity contribution in [2.45, 2.75) is 71.9 Å². The third kappa shape index (κ3) is 4.99. The van der Waals surface area contributed by atoms with Gasteiger partial charge in [0.1, 0.15) is 0 Å². The fraction of sp³-hybridized carbons (Fsp3) is 0.520. The van der Waals surface area contributed by atoms with Crippen LogP contribution in [0.5, 0.6) is 0 Å². The van der Waals surface area contributed by atoms with Crippen molar-refractivity contribution in [3.05, 3.63) is 58.8 Å². The third-order valence-electron chi connectivity index (χ3n) is 6.42. The van der Waals surface area contributed by atoms with Gasteiger partial charge in [-0.3, -0.25) is 14.7 Å². The van der Waals surface area contributed by atoms with Crippen molar-refractivity contribution >= 4 is 11.6 Å². The first-order valence-corrected chi connectivity index (χ1v) is 11.8. The zero-order chi connectivity index (χ0) is 22.5. The second kappa shape index (κ2) is 10.2. The fourth-order valence-electron chi connectivity index (χ4n) is 4.70. The number of aromatic nitrogens is 4. The van der Waals surface area contributed by atoms with Gasteiger partial charge in [0.15, 0.2) is 5.65 Å². The summed E-state index contributed by atoms with van der Waals surface area (Å²) in [7, 11) is 0. The standard InChI is InChI=1S/C25H34N6O/c1-4-12-27-25(32)11-10-21-18(2)28-24-15-22(29-31(24)19(21)3)23-9-5-6-14-30(23)17-20-8-7-13-26-16-20/h7-8,13,15-16,23H,4-6,9-12,14,17H2,1-3H3,(H,27,32)/t23-/m0/s1. The van der Waals surface area contributed by atoms with E-state index in [4.69, 9.17) is 10.1 Å². The quantitative estimate of drug-likeness (QED) is 0.581. The van der Waals surface area contributed by atoms with Crippen LogP contribution in [0.1, 0.15) is 73.3 Å². The topological polar surface area (TPSA) is 75.4 Å². The number of hydrogen-bond donors (Lipinski definition) is 1. The minimum absolute atomic E-state index is 0.0974. The van der Waals surface area contributed by atoms with Gasteiger partial charge in [-0.15, -0.1) is 0 Å². The van der Waals surface area contributed by atoms with Crippen LogP contribution in [0.4, 0.5) is 0 Å². The van der Waals surface area contributed by atoms with E-state index in [1.165, 1.54) is 18.4 Å². The summed E-state index contributed by atoms with van der Waals surface area (Å²) < 4.78 is 1.97. The highest BCUT2D eigenvalue weighted by molar-refractivity contribution is 5.76. The maximum absolute atomic E-state index is 12.1. The molecule has 1 fully saturated rings. The molecule has 3 aromatic rings. The van der Waals surface area contributed by atoms with E-state index >= 15 is 0 Å². The Bertz CT molecular complexity index is 1060. The van der Waals surface area contributed by atoms with Crippen LogP contribution in [-0.4, -0.2) is 43.5 Å². The minimum atomic E-state index is 0.0974. The van der Waals surface area contributed by atoms with Crippen LogP contribution in [-0.2, 0) is 17.8 Å². The van der Waals surface area contributed by atoms with E-state index in [0.29, 0.717) is 12.8 Å². The maximum atomic E-state index is 12.1. The first-order valence-electron chi connectivity index (χ1n) is 11.8. The summed E-state index contributed by atoms with van der Waals surface area (Å²) in [5, 5.41) is 7.96. The summed E-state index contributed by atoms with van der Waals surface area (Å²) in [6.45, 7) is 8.87. The van der Waals surface area contributed by atoms with Crippen molar-refractivity contribution in [1.29, 1.82) is 0 Å². The molecule has 1 aliphatic heterocycles. The molecule has 4 heterocycles. The Labute approximate surface area is 190 Å². The van der Waals surface area contributed by atoms with Crippen molar-refractivity contribution in [2.24, 2.45) is 0 Å². The molecule has 1 N–H and O–H groups in total.